The van der Waals surface area contributed by atoms with Gasteiger partial charge in [0.1, 0.15) is 0 Å². The number of amides is 2. The van der Waals surface area contributed by atoms with Crippen LogP contribution in [0.5, 0.6) is 0 Å². The van der Waals surface area contributed by atoms with Gasteiger partial charge < -0.3 is 15.2 Å². The first-order valence-corrected chi connectivity index (χ1v) is 7.65. The average molecular weight is 309 g/mol. The van der Waals surface area contributed by atoms with Crippen LogP contribution in [-0.2, 0) is 6.42 Å². The van der Waals surface area contributed by atoms with E-state index in [0.717, 1.165) is 10.7 Å². The summed E-state index contributed by atoms with van der Waals surface area (Å²) < 4.78 is 4.96. The summed E-state index contributed by atoms with van der Waals surface area (Å²) in [6.07, 6.45) is 0.523. The summed E-state index contributed by atoms with van der Waals surface area (Å²) in [4.78, 5) is 20.2. The first-order valence-electron chi connectivity index (χ1n) is 6.77. The highest BCUT2D eigenvalue weighted by Crippen LogP contribution is 2.18. The number of hydrogen-bond acceptors (Lipinski definition) is 6. The van der Waals surface area contributed by atoms with E-state index in [1.54, 1.807) is 18.3 Å². The highest BCUT2D eigenvalue weighted by atomic mass is 32.1. The molecule has 0 bridgehead atoms. The van der Waals surface area contributed by atoms with E-state index >= 15 is 0 Å². The molecular formula is C13H19N5O2S. The molecule has 0 fully saturated rings. The number of thiazole rings is 1. The summed E-state index contributed by atoms with van der Waals surface area (Å²) in [6, 6.07) is -0.202. The predicted octanol–water partition coefficient (Wildman–Crippen LogP) is 1.79. The highest BCUT2D eigenvalue weighted by molar-refractivity contribution is 7.09. The molecule has 0 saturated carbocycles. The minimum atomic E-state index is -0.202. The third-order valence-electron chi connectivity index (χ3n) is 2.82. The second-order valence-corrected chi connectivity index (χ2v) is 5.74. The van der Waals surface area contributed by atoms with Crippen LogP contribution < -0.4 is 10.6 Å². The largest absolute Gasteiger partial charge is 0.339 e. The van der Waals surface area contributed by atoms with Gasteiger partial charge in [0.2, 0.25) is 5.89 Å². The van der Waals surface area contributed by atoms with E-state index in [-0.39, 0.29) is 11.9 Å². The molecule has 114 valence electrons. The van der Waals surface area contributed by atoms with Crippen molar-refractivity contribution in [1.29, 1.82) is 0 Å². The quantitative estimate of drug-likeness (QED) is 0.848. The Hall–Kier alpha value is -1.96. The standard InChI is InChI=1S/C13H19N5O2S/c1-8(12-16-9(2)7-21-12)6-15-13(19)14-5-4-11-17-10(3)18-20-11/h7-8H,4-6H2,1-3H3,(H2,14,15,19). The molecule has 0 spiro atoms. The Labute approximate surface area is 127 Å². The molecule has 7 nitrogen and oxygen atoms in total. The zero-order valence-electron chi connectivity index (χ0n) is 12.3. The van der Waals surface area contributed by atoms with Gasteiger partial charge in [-0.15, -0.1) is 11.3 Å². The molecule has 0 aliphatic carbocycles. The molecule has 2 amide bonds. The Balaban J connectivity index is 1.65. The number of aryl methyl sites for hydroxylation is 2. The normalized spacial score (nSPS) is 12.1. The summed E-state index contributed by atoms with van der Waals surface area (Å²) in [7, 11) is 0. The number of urea groups is 1. The van der Waals surface area contributed by atoms with Crippen molar-refractivity contribution >= 4 is 17.4 Å². The predicted molar refractivity (Wildman–Crippen MR) is 79.4 cm³/mol. The minimum Gasteiger partial charge on any atom is -0.339 e. The summed E-state index contributed by atoms with van der Waals surface area (Å²) in [5, 5.41) is 12.3. The number of nitrogens with one attached hydrogen (secondary N) is 2. The van der Waals surface area contributed by atoms with Crippen molar-refractivity contribution < 1.29 is 9.32 Å². The molecule has 2 N–H and O–H groups in total. The van der Waals surface area contributed by atoms with E-state index in [9.17, 15) is 4.79 Å². The third-order valence-corrected chi connectivity index (χ3v) is 4.02. The Kier molecular flexibility index (Phi) is 5.26. The second kappa shape index (κ2) is 7.16. The topological polar surface area (TPSA) is 92.9 Å². The highest BCUT2D eigenvalue weighted by Gasteiger charge is 2.11. The molecule has 1 unspecified atom stereocenters. The molecule has 0 aromatic carbocycles. The van der Waals surface area contributed by atoms with Gasteiger partial charge in [-0.2, -0.15) is 4.98 Å². The monoisotopic (exact) mass is 309 g/mol. The summed E-state index contributed by atoms with van der Waals surface area (Å²) >= 11 is 1.62. The molecule has 0 radical (unpaired) electrons. The Bertz CT molecular complexity index is 595. The van der Waals surface area contributed by atoms with Gasteiger partial charge in [0.15, 0.2) is 5.82 Å². The fourth-order valence-corrected chi connectivity index (χ4v) is 2.58. The molecule has 8 heteroatoms. The number of rotatable bonds is 6. The van der Waals surface area contributed by atoms with Crippen LogP contribution in [0.2, 0.25) is 0 Å². The van der Waals surface area contributed by atoms with Crippen LogP contribution in [0.1, 0.15) is 35.3 Å². The van der Waals surface area contributed by atoms with Gasteiger partial charge in [-0.3, -0.25) is 0 Å². The maximum absolute atomic E-state index is 11.7. The van der Waals surface area contributed by atoms with Gasteiger partial charge in [-0.25, -0.2) is 9.78 Å². The van der Waals surface area contributed by atoms with Crippen molar-refractivity contribution in [3.05, 3.63) is 27.8 Å². The van der Waals surface area contributed by atoms with Crippen molar-refractivity contribution in [3.63, 3.8) is 0 Å². The van der Waals surface area contributed by atoms with E-state index in [2.05, 4.69) is 25.8 Å². The molecule has 0 saturated heterocycles. The van der Waals surface area contributed by atoms with Crippen LogP contribution >= 0.6 is 11.3 Å². The van der Waals surface area contributed by atoms with Crippen LogP contribution in [0.3, 0.4) is 0 Å². The first-order chi connectivity index (χ1) is 10.0. The van der Waals surface area contributed by atoms with Crippen molar-refractivity contribution in [3.8, 4) is 0 Å². The van der Waals surface area contributed by atoms with Crippen LogP contribution in [0.4, 0.5) is 4.79 Å². The zero-order valence-corrected chi connectivity index (χ0v) is 13.2. The second-order valence-electron chi connectivity index (χ2n) is 4.85. The Morgan fingerprint density at radius 3 is 2.81 bits per heavy atom. The van der Waals surface area contributed by atoms with Crippen LogP contribution in [0.25, 0.3) is 0 Å². The smallest absolute Gasteiger partial charge is 0.314 e. The van der Waals surface area contributed by atoms with E-state index in [1.807, 2.05) is 19.2 Å². The average Bonchev–Trinajstić information content (AvgIpc) is 3.05. The van der Waals surface area contributed by atoms with Crippen molar-refractivity contribution in [1.82, 2.24) is 25.8 Å². The number of carbonyl (C=O) groups is 1. The number of aromatic nitrogens is 3. The van der Waals surface area contributed by atoms with Gasteiger partial charge in [-0.05, 0) is 13.8 Å². The molecule has 2 heterocycles. The summed E-state index contributed by atoms with van der Waals surface area (Å²) in [5.74, 6) is 1.33. The van der Waals surface area contributed by atoms with Crippen LogP contribution in [0, 0.1) is 13.8 Å². The van der Waals surface area contributed by atoms with Crippen LogP contribution in [0.15, 0.2) is 9.90 Å². The van der Waals surface area contributed by atoms with Crippen LogP contribution in [-0.4, -0.2) is 34.2 Å². The molecule has 2 aromatic heterocycles. The van der Waals surface area contributed by atoms with Crippen molar-refractivity contribution in [2.45, 2.75) is 33.1 Å². The third kappa shape index (κ3) is 4.82. The molecule has 21 heavy (non-hydrogen) atoms. The van der Waals surface area contributed by atoms with E-state index in [4.69, 9.17) is 4.52 Å². The molecular weight excluding hydrogens is 290 g/mol. The van der Waals surface area contributed by atoms with E-state index in [1.165, 1.54) is 0 Å². The van der Waals surface area contributed by atoms with Gasteiger partial charge in [0.25, 0.3) is 0 Å². The van der Waals surface area contributed by atoms with E-state index in [0.29, 0.717) is 31.2 Å². The fraction of sp³-hybridized carbons (Fsp3) is 0.538. The molecule has 2 rings (SSSR count). The number of hydrogen-bond donors (Lipinski definition) is 2. The Morgan fingerprint density at radius 1 is 1.38 bits per heavy atom. The lowest BCUT2D eigenvalue weighted by Gasteiger charge is -2.10. The molecule has 1 atom stereocenters. The molecule has 0 aliphatic rings. The first kappa shape index (κ1) is 15.4. The summed E-state index contributed by atoms with van der Waals surface area (Å²) in [5.41, 5.74) is 1.01. The SMILES string of the molecule is Cc1csc(C(C)CNC(=O)NCCc2nc(C)no2)n1. The van der Waals surface area contributed by atoms with Gasteiger partial charge >= 0.3 is 6.03 Å². The maximum Gasteiger partial charge on any atom is 0.314 e. The van der Waals surface area contributed by atoms with Crippen molar-refractivity contribution in [2.75, 3.05) is 13.1 Å². The minimum absolute atomic E-state index is 0.202. The Morgan fingerprint density at radius 2 is 2.19 bits per heavy atom. The maximum atomic E-state index is 11.7. The number of carbonyl (C=O) groups excluding carboxylic acids is 1. The van der Waals surface area contributed by atoms with E-state index < -0.39 is 0 Å². The van der Waals surface area contributed by atoms with Crippen molar-refractivity contribution in [2.24, 2.45) is 0 Å². The number of nitrogens with zero attached hydrogens (tertiary/aromatic N) is 3. The lowest BCUT2D eigenvalue weighted by molar-refractivity contribution is 0.240. The lowest BCUT2D eigenvalue weighted by Crippen LogP contribution is -2.38. The lowest BCUT2D eigenvalue weighted by atomic mass is 10.2. The molecule has 0 aliphatic heterocycles. The zero-order chi connectivity index (χ0) is 15.2. The van der Waals surface area contributed by atoms with Gasteiger partial charge in [0, 0.05) is 36.5 Å². The molecule has 2 aromatic rings. The van der Waals surface area contributed by atoms with Gasteiger partial charge in [-0.1, -0.05) is 12.1 Å². The summed E-state index contributed by atoms with van der Waals surface area (Å²) in [6.45, 7) is 6.78. The fourth-order valence-electron chi connectivity index (χ4n) is 1.72. The van der Waals surface area contributed by atoms with Gasteiger partial charge in [0.05, 0.1) is 5.01 Å².